The number of amides is 1. The average molecular weight is 478 g/mol. The number of nitriles is 1. The maximum atomic E-state index is 12.3. The molecule has 1 saturated heterocycles. The van der Waals surface area contributed by atoms with E-state index in [4.69, 9.17) is 9.47 Å². The second-order valence-electron chi connectivity index (χ2n) is 10.1. The second-order valence-corrected chi connectivity index (χ2v) is 10.1. The number of methoxy groups -OCH3 is 1. The van der Waals surface area contributed by atoms with Crippen molar-refractivity contribution in [2.75, 3.05) is 38.7 Å². The molecule has 186 valence electrons. The summed E-state index contributed by atoms with van der Waals surface area (Å²) in [7, 11) is 3.39. The number of rotatable bonds is 6. The summed E-state index contributed by atoms with van der Waals surface area (Å²) in [4.78, 5) is 28.6. The molecule has 0 atom stereocenters. The molecule has 0 bridgehead atoms. The van der Waals surface area contributed by atoms with Crippen LogP contribution < -0.4 is 4.90 Å². The molecule has 1 aliphatic heterocycles. The van der Waals surface area contributed by atoms with E-state index in [0.717, 1.165) is 42.6 Å². The molecule has 3 rings (SSSR count). The molecule has 1 aliphatic rings. The molecule has 7 nitrogen and oxygen atoms in total. The summed E-state index contributed by atoms with van der Waals surface area (Å²) in [5.41, 5.74) is 3.20. The zero-order valence-electron chi connectivity index (χ0n) is 21.3. The minimum Gasteiger partial charge on any atom is -0.465 e. The van der Waals surface area contributed by atoms with Crippen molar-refractivity contribution in [1.82, 2.24) is 4.90 Å². The minimum absolute atomic E-state index is 0.235. The van der Waals surface area contributed by atoms with E-state index in [0.29, 0.717) is 30.1 Å². The van der Waals surface area contributed by atoms with Crippen LogP contribution in [-0.2, 0) is 9.47 Å². The van der Waals surface area contributed by atoms with Gasteiger partial charge in [0.2, 0.25) is 0 Å². The summed E-state index contributed by atoms with van der Waals surface area (Å²) in [5.74, 6) is 0.124. The van der Waals surface area contributed by atoms with Gasteiger partial charge in [0.05, 0.1) is 24.3 Å². The van der Waals surface area contributed by atoms with Gasteiger partial charge in [0.15, 0.2) is 0 Å². The maximum Gasteiger partial charge on any atom is 0.410 e. The van der Waals surface area contributed by atoms with Gasteiger partial charge < -0.3 is 19.3 Å². The Hall–Kier alpha value is -3.53. The van der Waals surface area contributed by atoms with E-state index in [9.17, 15) is 14.9 Å². The first-order chi connectivity index (χ1) is 16.6. The van der Waals surface area contributed by atoms with E-state index in [1.807, 2.05) is 58.2 Å². The SMILES string of the molecule is COC(=O)c1cc(-c2cccc(C#N)c2)cc(N(C)CCC2CCN(C(=O)OC(C)(C)C)CC2)c1. The highest BCUT2D eigenvalue weighted by atomic mass is 16.6. The van der Waals surface area contributed by atoms with Crippen molar-refractivity contribution in [3.8, 4) is 17.2 Å². The molecule has 0 saturated carbocycles. The number of ether oxygens (including phenoxy) is 2. The zero-order chi connectivity index (χ0) is 25.6. The van der Waals surface area contributed by atoms with Crippen LogP contribution in [-0.4, -0.2) is 56.4 Å². The standard InChI is InChI=1S/C28H35N3O4/c1-28(2,3)35-27(33)31-13-10-20(11-14-31)9-12-30(4)25-17-23(16-24(18-25)26(32)34-5)22-8-6-7-21(15-22)19-29/h6-8,15-18,20H,9-14H2,1-5H3. The molecule has 1 fully saturated rings. The fourth-order valence-electron chi connectivity index (χ4n) is 4.24. The molecule has 1 heterocycles. The Morgan fingerprint density at radius 1 is 1.11 bits per heavy atom. The monoisotopic (exact) mass is 477 g/mol. The Bertz CT molecular complexity index is 1090. The lowest BCUT2D eigenvalue weighted by molar-refractivity contribution is 0.0182. The highest BCUT2D eigenvalue weighted by Gasteiger charge is 2.27. The zero-order valence-corrected chi connectivity index (χ0v) is 21.3. The van der Waals surface area contributed by atoms with Gasteiger partial charge in [-0.1, -0.05) is 12.1 Å². The average Bonchev–Trinajstić information content (AvgIpc) is 2.85. The minimum atomic E-state index is -0.482. The number of hydrogen-bond acceptors (Lipinski definition) is 6. The van der Waals surface area contributed by atoms with Crippen molar-refractivity contribution in [2.24, 2.45) is 5.92 Å². The highest BCUT2D eigenvalue weighted by molar-refractivity contribution is 5.92. The van der Waals surface area contributed by atoms with Crippen molar-refractivity contribution < 1.29 is 19.1 Å². The number of piperidine rings is 1. The first kappa shape index (κ1) is 26.1. The fourth-order valence-corrected chi connectivity index (χ4v) is 4.24. The molecule has 0 aliphatic carbocycles. The lowest BCUT2D eigenvalue weighted by Gasteiger charge is -2.34. The quantitative estimate of drug-likeness (QED) is 0.512. The normalized spacial score (nSPS) is 14.2. The van der Waals surface area contributed by atoms with Crippen molar-refractivity contribution in [2.45, 2.75) is 45.6 Å². The number of carbonyl (C=O) groups excluding carboxylic acids is 2. The highest BCUT2D eigenvalue weighted by Crippen LogP contribution is 2.29. The Labute approximate surface area is 208 Å². The number of likely N-dealkylation sites (tertiary alicyclic amines) is 1. The van der Waals surface area contributed by atoms with Crippen LogP contribution in [0.2, 0.25) is 0 Å². The third-order valence-electron chi connectivity index (χ3n) is 6.24. The van der Waals surface area contributed by atoms with E-state index in [-0.39, 0.29) is 6.09 Å². The predicted octanol–water partition coefficient (Wildman–Crippen LogP) is 5.49. The molecule has 0 unspecified atom stereocenters. The largest absolute Gasteiger partial charge is 0.465 e. The number of nitrogens with zero attached hydrogens (tertiary/aromatic N) is 3. The molecular weight excluding hydrogens is 442 g/mol. The van der Waals surface area contributed by atoms with E-state index in [1.165, 1.54) is 7.11 Å². The van der Waals surface area contributed by atoms with Gasteiger partial charge in [-0.05, 0) is 87.4 Å². The molecule has 2 aromatic rings. The van der Waals surface area contributed by atoms with Crippen LogP contribution in [0.1, 0.15) is 56.0 Å². The third-order valence-corrected chi connectivity index (χ3v) is 6.24. The van der Waals surface area contributed by atoms with Crippen LogP contribution in [0, 0.1) is 17.2 Å². The summed E-state index contributed by atoms with van der Waals surface area (Å²) < 4.78 is 10.5. The predicted molar refractivity (Wildman–Crippen MR) is 136 cm³/mol. The number of hydrogen-bond donors (Lipinski definition) is 0. The Morgan fingerprint density at radius 2 is 1.83 bits per heavy atom. The van der Waals surface area contributed by atoms with E-state index in [2.05, 4.69) is 11.0 Å². The van der Waals surface area contributed by atoms with Crippen molar-refractivity contribution in [3.05, 3.63) is 53.6 Å². The second kappa shape index (κ2) is 11.3. The maximum absolute atomic E-state index is 12.3. The molecular formula is C28H35N3O4. The Balaban J connectivity index is 1.67. The molecule has 0 N–H and O–H groups in total. The Morgan fingerprint density at radius 3 is 2.46 bits per heavy atom. The summed E-state index contributed by atoms with van der Waals surface area (Å²) in [5, 5.41) is 9.26. The van der Waals surface area contributed by atoms with Gasteiger partial charge in [-0.3, -0.25) is 0 Å². The van der Waals surface area contributed by atoms with Crippen LogP contribution >= 0.6 is 0 Å². The number of carbonyl (C=O) groups is 2. The van der Waals surface area contributed by atoms with Gasteiger partial charge in [0.1, 0.15) is 5.60 Å². The van der Waals surface area contributed by atoms with Crippen molar-refractivity contribution >= 4 is 17.7 Å². The van der Waals surface area contributed by atoms with Crippen LogP contribution in [0.15, 0.2) is 42.5 Å². The fraction of sp³-hybridized carbons (Fsp3) is 0.464. The lowest BCUT2D eigenvalue weighted by atomic mass is 9.93. The van der Waals surface area contributed by atoms with Crippen LogP contribution in [0.25, 0.3) is 11.1 Å². The van der Waals surface area contributed by atoms with Gasteiger partial charge in [0, 0.05) is 32.4 Å². The smallest absolute Gasteiger partial charge is 0.410 e. The van der Waals surface area contributed by atoms with Gasteiger partial charge in [-0.25, -0.2) is 9.59 Å². The van der Waals surface area contributed by atoms with Crippen molar-refractivity contribution in [3.63, 3.8) is 0 Å². The summed E-state index contributed by atoms with van der Waals surface area (Å²) in [6.45, 7) is 7.89. The van der Waals surface area contributed by atoms with Gasteiger partial charge in [-0.2, -0.15) is 5.26 Å². The summed E-state index contributed by atoms with van der Waals surface area (Å²) in [6.07, 6.45) is 2.64. The Kier molecular flexibility index (Phi) is 8.39. The lowest BCUT2D eigenvalue weighted by Crippen LogP contribution is -2.42. The van der Waals surface area contributed by atoms with Gasteiger partial charge >= 0.3 is 12.1 Å². The topological polar surface area (TPSA) is 82.9 Å². The van der Waals surface area contributed by atoms with Crippen LogP contribution in [0.5, 0.6) is 0 Å². The van der Waals surface area contributed by atoms with Crippen LogP contribution in [0.4, 0.5) is 10.5 Å². The van der Waals surface area contributed by atoms with Crippen molar-refractivity contribution in [1.29, 1.82) is 5.26 Å². The van der Waals surface area contributed by atoms with Gasteiger partial charge in [-0.15, -0.1) is 0 Å². The number of benzene rings is 2. The molecule has 0 spiro atoms. The van der Waals surface area contributed by atoms with Gasteiger partial charge in [0.25, 0.3) is 0 Å². The number of esters is 1. The summed E-state index contributed by atoms with van der Waals surface area (Å²) >= 11 is 0. The first-order valence-corrected chi connectivity index (χ1v) is 12.0. The molecule has 1 amide bonds. The molecule has 0 aromatic heterocycles. The molecule has 0 radical (unpaired) electrons. The first-order valence-electron chi connectivity index (χ1n) is 12.0. The summed E-state index contributed by atoms with van der Waals surface area (Å²) in [6, 6.07) is 15.2. The van der Waals surface area contributed by atoms with Crippen LogP contribution in [0.3, 0.4) is 0 Å². The third kappa shape index (κ3) is 7.22. The molecule has 2 aromatic carbocycles. The molecule has 35 heavy (non-hydrogen) atoms. The van der Waals surface area contributed by atoms with E-state index < -0.39 is 11.6 Å². The molecule has 7 heteroatoms. The number of anilines is 1. The van der Waals surface area contributed by atoms with E-state index in [1.54, 1.807) is 17.0 Å². The van der Waals surface area contributed by atoms with E-state index >= 15 is 0 Å².